The van der Waals surface area contributed by atoms with Gasteiger partial charge in [0.25, 0.3) is 0 Å². The van der Waals surface area contributed by atoms with Gasteiger partial charge >= 0.3 is 6.03 Å². The average Bonchev–Trinajstić information content (AvgIpc) is 2.76. The molecule has 0 radical (unpaired) electrons. The van der Waals surface area contributed by atoms with Crippen LogP contribution < -0.4 is 15.5 Å². The van der Waals surface area contributed by atoms with Crippen molar-refractivity contribution in [3.63, 3.8) is 0 Å². The van der Waals surface area contributed by atoms with Crippen molar-refractivity contribution >= 4 is 40.8 Å². The summed E-state index contributed by atoms with van der Waals surface area (Å²) in [5, 5.41) is 15.2. The molecule has 0 atom stereocenters. The molecule has 3 heterocycles. The number of nitrogens with one attached hydrogen (secondary N) is 2. The molecule has 0 saturated carbocycles. The van der Waals surface area contributed by atoms with E-state index in [9.17, 15) is 4.79 Å². The summed E-state index contributed by atoms with van der Waals surface area (Å²) in [5.74, 6) is 2.15. The van der Waals surface area contributed by atoms with Gasteiger partial charge in [0, 0.05) is 31.9 Å². The Balaban J connectivity index is 1.31. The van der Waals surface area contributed by atoms with Gasteiger partial charge in [0.1, 0.15) is 5.82 Å². The topological polar surface area (TPSA) is 86.3 Å². The Bertz CT molecular complexity index is 1070. The Labute approximate surface area is 186 Å². The van der Waals surface area contributed by atoms with Gasteiger partial charge in [0.2, 0.25) is 0 Å². The summed E-state index contributed by atoms with van der Waals surface area (Å²) in [6, 6.07) is 15.0. The minimum Gasteiger partial charge on any atom is -0.352 e. The first kappa shape index (κ1) is 20.9. The summed E-state index contributed by atoms with van der Waals surface area (Å²) in [6.07, 6.45) is 0. The number of aryl methyl sites for hydroxylation is 2. The zero-order chi connectivity index (χ0) is 21.8. The van der Waals surface area contributed by atoms with Crippen LogP contribution >= 0.6 is 11.6 Å². The number of carbonyl (C=O) groups excluding carboxylic acids is 1. The first-order valence-electron chi connectivity index (χ1n) is 10.1. The molecule has 1 saturated heterocycles. The largest absolute Gasteiger partial charge is 0.352 e. The summed E-state index contributed by atoms with van der Waals surface area (Å²) in [7, 11) is 0. The number of hydrogen-bond donors (Lipinski definition) is 2. The molecule has 31 heavy (non-hydrogen) atoms. The molecule has 1 fully saturated rings. The molecule has 2 amide bonds. The SMILES string of the molecule is Cc1ccc(NC(=O)N2CCN(c3ccc(Nc4cccc(C)n4)nn3)CC2)c(Cl)c1. The fourth-order valence-corrected chi connectivity index (χ4v) is 3.64. The fraction of sp³-hybridized carbons (Fsp3) is 0.273. The lowest BCUT2D eigenvalue weighted by Crippen LogP contribution is -2.50. The Morgan fingerprint density at radius 2 is 1.77 bits per heavy atom. The van der Waals surface area contributed by atoms with Gasteiger partial charge in [-0.15, -0.1) is 10.2 Å². The van der Waals surface area contributed by atoms with Gasteiger partial charge in [-0.05, 0) is 55.8 Å². The molecule has 1 aromatic carbocycles. The number of piperazine rings is 1. The smallest absolute Gasteiger partial charge is 0.322 e. The number of amides is 2. The summed E-state index contributed by atoms with van der Waals surface area (Å²) in [4.78, 5) is 20.9. The third-order valence-electron chi connectivity index (χ3n) is 5.05. The second-order valence-corrected chi connectivity index (χ2v) is 7.86. The van der Waals surface area contributed by atoms with Crippen LogP contribution in [-0.2, 0) is 0 Å². The Kier molecular flexibility index (Phi) is 6.18. The van der Waals surface area contributed by atoms with Crippen LogP contribution in [0.2, 0.25) is 5.02 Å². The fourth-order valence-electron chi connectivity index (χ4n) is 3.36. The van der Waals surface area contributed by atoms with E-state index in [1.807, 2.05) is 62.4 Å². The molecule has 0 bridgehead atoms. The van der Waals surface area contributed by atoms with Crippen molar-refractivity contribution in [1.29, 1.82) is 0 Å². The predicted octanol–water partition coefficient (Wildman–Crippen LogP) is 4.24. The average molecular weight is 438 g/mol. The molecular weight excluding hydrogens is 414 g/mol. The van der Waals surface area contributed by atoms with Crippen molar-refractivity contribution in [1.82, 2.24) is 20.1 Å². The van der Waals surface area contributed by atoms with Gasteiger partial charge in [0.15, 0.2) is 11.6 Å². The second kappa shape index (κ2) is 9.18. The number of urea groups is 1. The lowest BCUT2D eigenvalue weighted by molar-refractivity contribution is 0.208. The van der Waals surface area contributed by atoms with Crippen LogP contribution in [0.3, 0.4) is 0 Å². The molecule has 4 rings (SSSR count). The van der Waals surface area contributed by atoms with Gasteiger partial charge in [-0.2, -0.15) is 0 Å². The molecule has 1 aliphatic rings. The monoisotopic (exact) mass is 437 g/mol. The zero-order valence-electron chi connectivity index (χ0n) is 17.5. The standard InChI is InChI=1S/C22H24ClN7O/c1-15-6-7-18(17(23)14-15)25-22(31)30-12-10-29(11-13-30)21-9-8-20(27-28-21)26-19-5-3-4-16(2)24-19/h3-9,14H,10-13H2,1-2H3,(H,25,31)(H,24,26,27). The Morgan fingerprint density at radius 3 is 2.45 bits per heavy atom. The van der Waals surface area contributed by atoms with E-state index in [0.29, 0.717) is 42.7 Å². The number of aromatic nitrogens is 3. The third-order valence-corrected chi connectivity index (χ3v) is 5.36. The number of nitrogens with zero attached hydrogens (tertiary/aromatic N) is 5. The molecule has 9 heteroatoms. The number of benzene rings is 1. The minimum absolute atomic E-state index is 0.151. The quantitative estimate of drug-likeness (QED) is 0.634. The van der Waals surface area contributed by atoms with Crippen LogP contribution in [0.15, 0.2) is 48.5 Å². The van der Waals surface area contributed by atoms with Gasteiger partial charge in [-0.3, -0.25) is 0 Å². The van der Waals surface area contributed by atoms with Crippen LogP contribution in [0.25, 0.3) is 0 Å². The van der Waals surface area contributed by atoms with Crippen LogP contribution in [-0.4, -0.2) is 52.3 Å². The van der Waals surface area contributed by atoms with Crippen molar-refractivity contribution in [2.75, 3.05) is 41.7 Å². The van der Waals surface area contributed by atoms with Crippen molar-refractivity contribution in [3.8, 4) is 0 Å². The number of hydrogen-bond acceptors (Lipinski definition) is 6. The maximum atomic E-state index is 12.6. The number of anilines is 4. The van der Waals surface area contributed by atoms with E-state index in [0.717, 1.165) is 22.9 Å². The first-order chi connectivity index (χ1) is 15.0. The van der Waals surface area contributed by atoms with Gasteiger partial charge in [-0.25, -0.2) is 9.78 Å². The van der Waals surface area contributed by atoms with Crippen molar-refractivity contribution in [3.05, 3.63) is 64.8 Å². The maximum absolute atomic E-state index is 12.6. The number of halogens is 1. The van der Waals surface area contributed by atoms with Crippen LogP contribution in [0.5, 0.6) is 0 Å². The van der Waals surface area contributed by atoms with Gasteiger partial charge < -0.3 is 20.4 Å². The van der Waals surface area contributed by atoms with Crippen molar-refractivity contribution < 1.29 is 4.79 Å². The summed E-state index contributed by atoms with van der Waals surface area (Å²) < 4.78 is 0. The van der Waals surface area contributed by atoms with E-state index >= 15 is 0 Å². The summed E-state index contributed by atoms with van der Waals surface area (Å²) >= 11 is 6.22. The van der Waals surface area contributed by atoms with Crippen molar-refractivity contribution in [2.24, 2.45) is 0 Å². The van der Waals surface area contributed by atoms with Crippen LogP contribution in [0, 0.1) is 13.8 Å². The highest BCUT2D eigenvalue weighted by atomic mass is 35.5. The summed E-state index contributed by atoms with van der Waals surface area (Å²) in [6.45, 7) is 6.43. The molecule has 0 unspecified atom stereocenters. The van der Waals surface area contributed by atoms with E-state index in [4.69, 9.17) is 11.6 Å². The first-order valence-corrected chi connectivity index (χ1v) is 10.5. The molecule has 8 nitrogen and oxygen atoms in total. The van der Waals surface area contributed by atoms with Crippen LogP contribution in [0.1, 0.15) is 11.3 Å². The molecule has 1 aliphatic heterocycles. The molecule has 0 spiro atoms. The van der Waals surface area contributed by atoms with E-state index in [1.54, 1.807) is 4.90 Å². The van der Waals surface area contributed by atoms with Crippen molar-refractivity contribution in [2.45, 2.75) is 13.8 Å². The van der Waals surface area contributed by atoms with Gasteiger partial charge in [-0.1, -0.05) is 23.7 Å². The van der Waals surface area contributed by atoms with E-state index in [2.05, 4.69) is 30.7 Å². The van der Waals surface area contributed by atoms with E-state index in [1.165, 1.54) is 0 Å². The van der Waals surface area contributed by atoms with Crippen LogP contribution in [0.4, 0.5) is 27.9 Å². The molecule has 0 aliphatic carbocycles. The lowest BCUT2D eigenvalue weighted by atomic mass is 10.2. The number of carbonyl (C=O) groups is 1. The lowest BCUT2D eigenvalue weighted by Gasteiger charge is -2.35. The third kappa shape index (κ3) is 5.21. The molecular formula is C22H24ClN7O. The highest BCUT2D eigenvalue weighted by Crippen LogP contribution is 2.23. The zero-order valence-corrected chi connectivity index (χ0v) is 18.2. The Hall–Kier alpha value is -3.39. The minimum atomic E-state index is -0.151. The van der Waals surface area contributed by atoms with Gasteiger partial charge in [0.05, 0.1) is 10.7 Å². The predicted molar refractivity (Wildman–Crippen MR) is 123 cm³/mol. The molecule has 3 aromatic rings. The summed E-state index contributed by atoms with van der Waals surface area (Å²) in [5.41, 5.74) is 2.60. The Morgan fingerprint density at radius 1 is 0.968 bits per heavy atom. The highest BCUT2D eigenvalue weighted by Gasteiger charge is 2.22. The second-order valence-electron chi connectivity index (χ2n) is 7.45. The van der Waals surface area contributed by atoms with E-state index in [-0.39, 0.29) is 6.03 Å². The highest BCUT2D eigenvalue weighted by molar-refractivity contribution is 6.33. The number of rotatable bonds is 4. The number of pyridine rings is 1. The normalized spacial score (nSPS) is 13.8. The maximum Gasteiger partial charge on any atom is 0.322 e. The molecule has 2 N–H and O–H groups in total. The van der Waals surface area contributed by atoms with E-state index < -0.39 is 0 Å². The molecule has 2 aromatic heterocycles. The molecule has 160 valence electrons.